The van der Waals surface area contributed by atoms with Crippen molar-refractivity contribution < 1.29 is 9.84 Å². The largest absolute Gasteiger partial charge is 0.387 e. The lowest BCUT2D eigenvalue weighted by molar-refractivity contribution is 0.132. The van der Waals surface area contributed by atoms with E-state index in [0.29, 0.717) is 40.7 Å². The molecule has 0 spiro atoms. The fourth-order valence-electron chi connectivity index (χ4n) is 2.23. The summed E-state index contributed by atoms with van der Waals surface area (Å²) in [7, 11) is 1.69. The summed E-state index contributed by atoms with van der Waals surface area (Å²) in [5.41, 5.74) is 0.588. The van der Waals surface area contributed by atoms with E-state index in [1.807, 2.05) is 0 Å². The molecule has 1 aromatic carbocycles. The predicted octanol–water partition coefficient (Wildman–Crippen LogP) is 3.04. The minimum Gasteiger partial charge on any atom is -0.387 e. The number of halogens is 2. The first-order chi connectivity index (χ1) is 9.13. The summed E-state index contributed by atoms with van der Waals surface area (Å²) in [4.78, 5) is 0. The van der Waals surface area contributed by atoms with Gasteiger partial charge in [0.1, 0.15) is 0 Å². The summed E-state index contributed by atoms with van der Waals surface area (Å²) in [5.74, 6) is 0.661. The van der Waals surface area contributed by atoms with Gasteiger partial charge in [-0.25, -0.2) is 0 Å². The normalized spacial score (nSPS) is 18.3. The van der Waals surface area contributed by atoms with Crippen LogP contribution < -0.4 is 5.32 Å². The molecule has 1 aliphatic rings. The molecule has 1 fully saturated rings. The van der Waals surface area contributed by atoms with Gasteiger partial charge in [-0.2, -0.15) is 0 Å². The number of methoxy groups -OCH3 is 1. The van der Waals surface area contributed by atoms with Crippen molar-refractivity contribution in [2.45, 2.75) is 25.0 Å². The number of ether oxygens (including phenoxy) is 1. The van der Waals surface area contributed by atoms with E-state index in [2.05, 4.69) is 5.32 Å². The van der Waals surface area contributed by atoms with Crippen molar-refractivity contribution >= 4 is 23.2 Å². The fourth-order valence-corrected chi connectivity index (χ4v) is 2.88. The maximum absolute atomic E-state index is 10.2. The quantitative estimate of drug-likeness (QED) is 0.813. The second-order valence-electron chi connectivity index (χ2n) is 4.96. The van der Waals surface area contributed by atoms with E-state index in [1.165, 1.54) is 12.8 Å². The lowest BCUT2D eigenvalue weighted by Gasteiger charge is -2.21. The molecule has 1 saturated carbocycles. The van der Waals surface area contributed by atoms with Crippen LogP contribution in [0.2, 0.25) is 10.0 Å². The minimum absolute atomic E-state index is 0.293. The van der Waals surface area contributed by atoms with Gasteiger partial charge in [0.15, 0.2) is 0 Å². The number of aliphatic hydroxyl groups is 1. The molecule has 0 aromatic heterocycles. The summed E-state index contributed by atoms with van der Waals surface area (Å²) < 4.78 is 5.19. The third kappa shape index (κ3) is 4.07. The highest BCUT2D eigenvalue weighted by atomic mass is 35.5. The highest BCUT2D eigenvalue weighted by Gasteiger charge is 2.31. The zero-order chi connectivity index (χ0) is 13.8. The Balaban J connectivity index is 1.94. The van der Waals surface area contributed by atoms with Crippen LogP contribution in [0.5, 0.6) is 0 Å². The van der Waals surface area contributed by atoms with Gasteiger partial charge in [-0.05, 0) is 30.9 Å². The first kappa shape index (κ1) is 15.1. The van der Waals surface area contributed by atoms with Crippen LogP contribution in [0.3, 0.4) is 0 Å². The number of rotatable bonds is 7. The lowest BCUT2D eigenvalue weighted by atomic mass is 10.1. The minimum atomic E-state index is -0.709. The molecule has 106 valence electrons. The van der Waals surface area contributed by atoms with E-state index in [1.54, 1.807) is 25.3 Å². The number of hydrogen-bond acceptors (Lipinski definition) is 3. The van der Waals surface area contributed by atoms with Crippen LogP contribution in [0, 0.1) is 5.92 Å². The molecule has 0 aliphatic heterocycles. The molecule has 1 aromatic rings. The third-order valence-corrected chi connectivity index (χ3v) is 4.10. The van der Waals surface area contributed by atoms with Crippen molar-refractivity contribution in [3.8, 4) is 0 Å². The van der Waals surface area contributed by atoms with E-state index in [-0.39, 0.29) is 0 Å². The second kappa shape index (κ2) is 6.91. The Labute approximate surface area is 123 Å². The predicted molar refractivity (Wildman–Crippen MR) is 77.8 cm³/mol. The van der Waals surface area contributed by atoms with Gasteiger partial charge in [0.25, 0.3) is 0 Å². The maximum atomic E-state index is 10.2. The maximum Gasteiger partial charge on any atom is 0.0943 e. The molecule has 2 atom stereocenters. The number of aliphatic hydroxyl groups excluding tert-OH is 1. The van der Waals surface area contributed by atoms with Crippen LogP contribution in [0.4, 0.5) is 0 Å². The average Bonchev–Trinajstić information content (AvgIpc) is 3.18. The topological polar surface area (TPSA) is 41.5 Å². The SMILES string of the molecule is COCC(NCC(O)c1c(Cl)cccc1Cl)C1CC1. The Morgan fingerprint density at radius 1 is 1.37 bits per heavy atom. The van der Waals surface area contributed by atoms with Gasteiger partial charge >= 0.3 is 0 Å². The van der Waals surface area contributed by atoms with Gasteiger partial charge in [0.05, 0.1) is 12.7 Å². The molecule has 0 heterocycles. The Hall–Kier alpha value is -0.320. The lowest BCUT2D eigenvalue weighted by Crippen LogP contribution is -2.37. The van der Waals surface area contributed by atoms with Gasteiger partial charge in [-0.3, -0.25) is 0 Å². The van der Waals surface area contributed by atoms with Crippen molar-refractivity contribution in [1.29, 1.82) is 0 Å². The Bertz CT molecular complexity index is 404. The molecule has 3 nitrogen and oxygen atoms in total. The van der Waals surface area contributed by atoms with Crippen molar-refractivity contribution in [2.24, 2.45) is 5.92 Å². The second-order valence-corrected chi connectivity index (χ2v) is 5.77. The Morgan fingerprint density at radius 3 is 2.53 bits per heavy atom. The smallest absolute Gasteiger partial charge is 0.0943 e. The van der Waals surface area contributed by atoms with Crippen molar-refractivity contribution in [3.63, 3.8) is 0 Å². The number of benzene rings is 1. The van der Waals surface area contributed by atoms with Crippen LogP contribution in [0.15, 0.2) is 18.2 Å². The molecule has 5 heteroatoms. The van der Waals surface area contributed by atoms with E-state index in [9.17, 15) is 5.11 Å². The van der Waals surface area contributed by atoms with Gasteiger partial charge in [-0.1, -0.05) is 29.3 Å². The van der Waals surface area contributed by atoms with E-state index >= 15 is 0 Å². The van der Waals surface area contributed by atoms with E-state index < -0.39 is 6.10 Å². The molecule has 1 aliphatic carbocycles. The summed E-state index contributed by atoms with van der Waals surface area (Å²) in [6.45, 7) is 1.08. The fraction of sp³-hybridized carbons (Fsp3) is 0.571. The summed E-state index contributed by atoms with van der Waals surface area (Å²) >= 11 is 12.2. The first-order valence-electron chi connectivity index (χ1n) is 6.47. The number of nitrogens with one attached hydrogen (secondary N) is 1. The van der Waals surface area contributed by atoms with Gasteiger partial charge < -0.3 is 15.2 Å². The van der Waals surface area contributed by atoms with Crippen molar-refractivity contribution in [3.05, 3.63) is 33.8 Å². The molecule has 0 radical (unpaired) electrons. The third-order valence-electron chi connectivity index (χ3n) is 3.44. The van der Waals surface area contributed by atoms with E-state index in [0.717, 1.165) is 0 Å². The molecule has 0 amide bonds. The first-order valence-corrected chi connectivity index (χ1v) is 7.23. The van der Waals surface area contributed by atoms with Crippen molar-refractivity contribution in [2.75, 3.05) is 20.3 Å². The van der Waals surface area contributed by atoms with Crippen LogP contribution in [-0.4, -0.2) is 31.4 Å². The number of hydrogen-bond donors (Lipinski definition) is 2. The molecular weight excluding hydrogens is 285 g/mol. The van der Waals surface area contributed by atoms with Crippen LogP contribution in [0.1, 0.15) is 24.5 Å². The van der Waals surface area contributed by atoms with Crippen LogP contribution in [-0.2, 0) is 4.74 Å². The zero-order valence-electron chi connectivity index (χ0n) is 10.9. The van der Waals surface area contributed by atoms with Gasteiger partial charge in [-0.15, -0.1) is 0 Å². The highest BCUT2D eigenvalue weighted by Crippen LogP contribution is 2.34. The summed E-state index contributed by atoms with van der Waals surface area (Å²) in [5, 5.41) is 14.6. The molecule has 0 bridgehead atoms. The monoisotopic (exact) mass is 303 g/mol. The van der Waals surface area contributed by atoms with Gasteiger partial charge in [0, 0.05) is 35.3 Å². The van der Waals surface area contributed by atoms with E-state index in [4.69, 9.17) is 27.9 Å². The molecule has 2 rings (SSSR count). The molecule has 2 N–H and O–H groups in total. The highest BCUT2D eigenvalue weighted by molar-refractivity contribution is 6.36. The molecule has 0 saturated heterocycles. The standard InChI is InChI=1S/C14H19Cl2NO2/c1-19-8-12(9-5-6-9)17-7-13(18)14-10(15)3-2-4-11(14)16/h2-4,9,12-13,17-18H,5-8H2,1H3. The van der Waals surface area contributed by atoms with Gasteiger partial charge in [0.2, 0.25) is 0 Å². The van der Waals surface area contributed by atoms with Crippen LogP contribution >= 0.6 is 23.2 Å². The molecule has 19 heavy (non-hydrogen) atoms. The Morgan fingerprint density at radius 2 is 2.00 bits per heavy atom. The zero-order valence-corrected chi connectivity index (χ0v) is 12.4. The average molecular weight is 304 g/mol. The van der Waals surface area contributed by atoms with Crippen molar-refractivity contribution in [1.82, 2.24) is 5.32 Å². The summed E-state index contributed by atoms with van der Waals surface area (Å²) in [6, 6.07) is 5.53. The Kier molecular flexibility index (Phi) is 5.48. The van der Waals surface area contributed by atoms with Crippen LogP contribution in [0.25, 0.3) is 0 Å². The molecular formula is C14H19Cl2NO2. The molecule has 2 unspecified atom stereocenters. The summed E-state index contributed by atoms with van der Waals surface area (Å²) in [6.07, 6.45) is 1.74.